The molecule has 0 bridgehead atoms. The zero-order valence-electron chi connectivity index (χ0n) is 7.09. The number of carbonyl (C=O) groups is 1. The number of rotatable bonds is 1. The Morgan fingerprint density at radius 3 is 2.79 bits per heavy atom. The molecule has 1 aliphatic rings. The molecule has 1 fully saturated rings. The largest absolute Gasteiger partial charge is 0.439 e. The first kappa shape index (κ1) is 8.93. The molecule has 1 aromatic carbocycles. The van der Waals surface area contributed by atoms with E-state index in [1.165, 1.54) is 6.07 Å². The Morgan fingerprint density at radius 2 is 2.21 bits per heavy atom. The number of nitrogens with one attached hydrogen (secondary N) is 1. The number of hydrogen-bond acceptors (Lipinski definition) is 2. The Balaban J connectivity index is 2.28. The van der Waals surface area contributed by atoms with Gasteiger partial charge in [-0.3, -0.25) is 0 Å². The van der Waals surface area contributed by atoms with Gasteiger partial charge in [-0.05, 0) is 12.1 Å². The highest BCUT2D eigenvalue weighted by atomic mass is 19.1. The normalized spacial score (nSPS) is 20.4. The van der Waals surface area contributed by atoms with Crippen LogP contribution < -0.4 is 5.32 Å². The van der Waals surface area contributed by atoms with Crippen LogP contribution in [0.15, 0.2) is 18.2 Å². The van der Waals surface area contributed by atoms with Crippen molar-refractivity contribution in [2.45, 2.75) is 6.10 Å². The van der Waals surface area contributed by atoms with E-state index in [0.29, 0.717) is 0 Å². The average molecular weight is 199 g/mol. The summed E-state index contributed by atoms with van der Waals surface area (Å²) >= 11 is 0. The van der Waals surface area contributed by atoms with E-state index >= 15 is 0 Å². The van der Waals surface area contributed by atoms with Crippen LogP contribution in [0.3, 0.4) is 0 Å². The van der Waals surface area contributed by atoms with E-state index in [-0.39, 0.29) is 12.1 Å². The van der Waals surface area contributed by atoms with Crippen molar-refractivity contribution >= 4 is 6.09 Å². The van der Waals surface area contributed by atoms with Crippen LogP contribution in [-0.2, 0) is 4.74 Å². The van der Waals surface area contributed by atoms with Gasteiger partial charge in [-0.2, -0.15) is 0 Å². The van der Waals surface area contributed by atoms with E-state index in [0.717, 1.165) is 12.1 Å². The van der Waals surface area contributed by atoms with Gasteiger partial charge in [0.05, 0.1) is 6.54 Å². The zero-order valence-corrected chi connectivity index (χ0v) is 7.09. The highest BCUT2D eigenvalue weighted by molar-refractivity contribution is 5.69. The minimum Gasteiger partial charge on any atom is -0.439 e. The highest BCUT2D eigenvalue weighted by Crippen LogP contribution is 2.23. The first-order valence-corrected chi connectivity index (χ1v) is 4.06. The molecule has 3 nitrogen and oxygen atoms in total. The Morgan fingerprint density at radius 1 is 1.43 bits per heavy atom. The first-order valence-electron chi connectivity index (χ1n) is 4.06. The van der Waals surface area contributed by atoms with Crippen LogP contribution in [0.1, 0.15) is 11.7 Å². The summed E-state index contributed by atoms with van der Waals surface area (Å²) in [5.41, 5.74) is 0.185. The van der Waals surface area contributed by atoms with Gasteiger partial charge in [0.15, 0.2) is 0 Å². The first-order chi connectivity index (χ1) is 6.66. The van der Waals surface area contributed by atoms with Crippen LogP contribution >= 0.6 is 0 Å². The molecule has 1 aliphatic heterocycles. The number of amides is 1. The van der Waals surface area contributed by atoms with Gasteiger partial charge in [0, 0.05) is 11.6 Å². The van der Waals surface area contributed by atoms with E-state index < -0.39 is 23.8 Å². The van der Waals surface area contributed by atoms with Crippen LogP contribution in [0.5, 0.6) is 0 Å². The van der Waals surface area contributed by atoms with Crippen molar-refractivity contribution < 1.29 is 18.3 Å². The molecule has 0 radical (unpaired) electrons. The lowest BCUT2D eigenvalue weighted by Crippen LogP contribution is -2.12. The van der Waals surface area contributed by atoms with Gasteiger partial charge in [-0.25, -0.2) is 13.6 Å². The number of ether oxygens (including phenoxy) is 1. The van der Waals surface area contributed by atoms with Crippen molar-refractivity contribution in [2.75, 3.05) is 6.54 Å². The maximum absolute atomic E-state index is 13.2. The molecule has 14 heavy (non-hydrogen) atoms. The molecule has 1 saturated heterocycles. The maximum Gasteiger partial charge on any atom is 0.407 e. The molecule has 0 aromatic heterocycles. The second kappa shape index (κ2) is 3.25. The summed E-state index contributed by atoms with van der Waals surface area (Å²) in [5.74, 6) is -1.35. The van der Waals surface area contributed by atoms with Gasteiger partial charge >= 0.3 is 6.09 Å². The summed E-state index contributed by atoms with van der Waals surface area (Å²) in [6, 6.07) is 3.17. The molecular weight excluding hydrogens is 192 g/mol. The fourth-order valence-corrected chi connectivity index (χ4v) is 1.32. The number of hydrogen-bond donors (Lipinski definition) is 1. The van der Waals surface area contributed by atoms with Crippen molar-refractivity contribution in [1.29, 1.82) is 0 Å². The van der Waals surface area contributed by atoms with Crippen LogP contribution in [0.2, 0.25) is 0 Å². The second-order valence-corrected chi connectivity index (χ2v) is 2.94. The molecular formula is C9H7F2NO2. The van der Waals surface area contributed by atoms with Gasteiger partial charge < -0.3 is 10.1 Å². The lowest BCUT2D eigenvalue weighted by atomic mass is 10.1. The monoisotopic (exact) mass is 199 g/mol. The van der Waals surface area contributed by atoms with Gasteiger partial charge in [-0.1, -0.05) is 0 Å². The third-order valence-corrected chi connectivity index (χ3v) is 1.99. The molecule has 5 heteroatoms. The van der Waals surface area contributed by atoms with Crippen molar-refractivity contribution in [1.82, 2.24) is 5.32 Å². The molecule has 0 aliphatic carbocycles. The molecule has 2 rings (SSSR count). The van der Waals surface area contributed by atoms with Gasteiger partial charge in [0.2, 0.25) is 0 Å². The maximum atomic E-state index is 13.2. The van der Waals surface area contributed by atoms with E-state index in [1.807, 2.05) is 0 Å². The minimum absolute atomic E-state index is 0.185. The van der Waals surface area contributed by atoms with Crippen molar-refractivity contribution in [2.24, 2.45) is 0 Å². The Kier molecular flexibility index (Phi) is 2.07. The Bertz CT molecular complexity index is 381. The predicted molar refractivity (Wildman–Crippen MR) is 43.6 cm³/mol. The molecule has 1 unspecified atom stereocenters. The van der Waals surface area contributed by atoms with Crippen molar-refractivity contribution in [3.05, 3.63) is 35.4 Å². The Labute approximate surface area is 78.7 Å². The number of benzene rings is 1. The fraction of sp³-hybridized carbons (Fsp3) is 0.222. The summed E-state index contributed by atoms with van der Waals surface area (Å²) < 4.78 is 30.5. The Hall–Kier alpha value is -1.65. The molecule has 1 atom stereocenters. The minimum atomic E-state index is -0.702. The summed E-state index contributed by atoms with van der Waals surface area (Å²) in [6.07, 6.45) is -1.25. The lowest BCUT2D eigenvalue weighted by molar-refractivity contribution is 0.139. The number of alkyl carbamates (subject to hydrolysis) is 1. The summed E-state index contributed by atoms with van der Waals surface area (Å²) in [6.45, 7) is 0.210. The summed E-state index contributed by atoms with van der Waals surface area (Å²) in [7, 11) is 0. The van der Waals surface area contributed by atoms with E-state index in [9.17, 15) is 13.6 Å². The van der Waals surface area contributed by atoms with Gasteiger partial charge in [0.1, 0.15) is 17.7 Å². The molecule has 0 saturated carbocycles. The lowest BCUT2D eigenvalue weighted by Gasteiger charge is -2.08. The molecule has 1 heterocycles. The molecule has 1 amide bonds. The van der Waals surface area contributed by atoms with Gasteiger partial charge in [0.25, 0.3) is 0 Å². The van der Waals surface area contributed by atoms with Crippen LogP contribution in [0, 0.1) is 11.6 Å². The SMILES string of the molecule is O=C1NCC(c2ccc(F)cc2F)O1. The fourth-order valence-electron chi connectivity index (χ4n) is 1.32. The zero-order chi connectivity index (χ0) is 10.1. The highest BCUT2D eigenvalue weighted by Gasteiger charge is 2.26. The topological polar surface area (TPSA) is 38.3 Å². The predicted octanol–water partition coefficient (Wildman–Crippen LogP) is 1.75. The molecule has 74 valence electrons. The third kappa shape index (κ3) is 1.53. The standard InChI is InChI=1S/C9H7F2NO2/c10-5-1-2-6(7(11)3-5)8-4-12-9(13)14-8/h1-3,8H,4H2,(H,12,13). The summed E-state index contributed by atoms with van der Waals surface area (Å²) in [4.78, 5) is 10.7. The number of cyclic esters (lactones) is 1. The molecule has 1 N–H and O–H groups in total. The van der Waals surface area contributed by atoms with E-state index in [1.54, 1.807) is 0 Å². The smallest absolute Gasteiger partial charge is 0.407 e. The average Bonchev–Trinajstić information content (AvgIpc) is 2.51. The van der Waals surface area contributed by atoms with Crippen LogP contribution in [-0.4, -0.2) is 12.6 Å². The molecule has 0 spiro atoms. The van der Waals surface area contributed by atoms with Gasteiger partial charge in [-0.15, -0.1) is 0 Å². The third-order valence-electron chi connectivity index (χ3n) is 1.99. The summed E-state index contributed by atoms with van der Waals surface area (Å²) in [5, 5.41) is 2.39. The number of carbonyl (C=O) groups excluding carboxylic acids is 1. The second-order valence-electron chi connectivity index (χ2n) is 2.94. The van der Waals surface area contributed by atoms with Crippen molar-refractivity contribution in [3.63, 3.8) is 0 Å². The van der Waals surface area contributed by atoms with Crippen LogP contribution in [0.4, 0.5) is 13.6 Å². The quantitative estimate of drug-likeness (QED) is 0.748. The van der Waals surface area contributed by atoms with E-state index in [2.05, 4.69) is 5.32 Å². The van der Waals surface area contributed by atoms with Crippen molar-refractivity contribution in [3.8, 4) is 0 Å². The molecule has 1 aromatic rings. The van der Waals surface area contributed by atoms with Crippen LogP contribution in [0.25, 0.3) is 0 Å². The number of halogens is 2. The van der Waals surface area contributed by atoms with E-state index in [4.69, 9.17) is 4.74 Å².